The van der Waals surface area contributed by atoms with Crippen LogP contribution in [0.15, 0.2) is 59.0 Å². The van der Waals surface area contributed by atoms with Crippen LogP contribution in [-0.2, 0) is 17.9 Å². The summed E-state index contributed by atoms with van der Waals surface area (Å²) in [5, 5.41) is 13.8. The number of ether oxygens (including phenoxy) is 2. The van der Waals surface area contributed by atoms with Crippen molar-refractivity contribution in [1.29, 1.82) is 0 Å². The summed E-state index contributed by atoms with van der Waals surface area (Å²) in [5.74, 6) is 0.456. The van der Waals surface area contributed by atoms with E-state index in [4.69, 9.17) is 25.5 Å². The van der Waals surface area contributed by atoms with Crippen molar-refractivity contribution in [3.05, 3.63) is 86.8 Å². The monoisotopic (exact) mass is 471 g/mol. The Labute approximate surface area is 195 Å². The highest BCUT2D eigenvalue weighted by Gasteiger charge is 2.15. The van der Waals surface area contributed by atoms with E-state index in [-0.39, 0.29) is 34.7 Å². The molecule has 10 heteroatoms. The molecule has 1 fully saturated rings. The number of nitro groups is 1. The topological polar surface area (TPSA) is 107 Å². The molecule has 2 heterocycles. The number of morpholine rings is 1. The van der Waals surface area contributed by atoms with Gasteiger partial charge in [0.1, 0.15) is 18.1 Å². The van der Waals surface area contributed by atoms with Crippen molar-refractivity contribution in [2.75, 3.05) is 31.6 Å². The number of hydrogen-bond donors (Lipinski definition) is 1. The lowest BCUT2D eigenvalue weighted by atomic mass is 10.2. The predicted octanol–water partition coefficient (Wildman–Crippen LogP) is 4.50. The molecule has 1 aliphatic heterocycles. The summed E-state index contributed by atoms with van der Waals surface area (Å²) in [6, 6.07) is 14.8. The maximum absolute atomic E-state index is 12.6. The van der Waals surface area contributed by atoms with Crippen molar-refractivity contribution in [2.45, 2.75) is 13.2 Å². The van der Waals surface area contributed by atoms with Gasteiger partial charge in [-0.25, -0.2) is 0 Å². The molecule has 0 radical (unpaired) electrons. The molecule has 0 bridgehead atoms. The molecule has 0 unspecified atom stereocenters. The number of non-ortho nitro benzene ring substituents is 1. The van der Waals surface area contributed by atoms with E-state index in [9.17, 15) is 14.9 Å². The molecule has 1 N–H and O–H groups in total. The first-order chi connectivity index (χ1) is 16.0. The third kappa shape index (κ3) is 6.10. The van der Waals surface area contributed by atoms with Crippen LogP contribution in [-0.4, -0.2) is 42.0 Å². The Morgan fingerprint density at radius 2 is 1.97 bits per heavy atom. The fraction of sp³-hybridized carbons (Fsp3) is 0.261. The second-order valence-corrected chi connectivity index (χ2v) is 7.88. The lowest BCUT2D eigenvalue weighted by Gasteiger charge is -2.26. The molecule has 1 amide bonds. The molecular formula is C23H22ClN3O6. The Balaban J connectivity index is 1.33. The van der Waals surface area contributed by atoms with E-state index in [1.165, 1.54) is 18.2 Å². The number of nitrogens with zero attached hydrogens (tertiary/aromatic N) is 2. The third-order valence-electron chi connectivity index (χ3n) is 5.08. The van der Waals surface area contributed by atoms with Crippen LogP contribution in [0.4, 0.5) is 11.4 Å². The average molecular weight is 472 g/mol. The molecule has 0 aliphatic carbocycles. The van der Waals surface area contributed by atoms with Crippen LogP contribution in [0, 0.1) is 10.1 Å². The first-order valence-corrected chi connectivity index (χ1v) is 10.7. The van der Waals surface area contributed by atoms with E-state index < -0.39 is 4.92 Å². The molecule has 1 aromatic heterocycles. The van der Waals surface area contributed by atoms with Gasteiger partial charge in [-0.05, 0) is 35.9 Å². The Hall–Kier alpha value is -3.40. The van der Waals surface area contributed by atoms with Crippen molar-refractivity contribution in [3.63, 3.8) is 0 Å². The Morgan fingerprint density at radius 1 is 1.15 bits per heavy atom. The number of anilines is 1. The maximum Gasteiger partial charge on any atom is 0.291 e. The zero-order valence-electron chi connectivity index (χ0n) is 17.7. The lowest BCUT2D eigenvalue weighted by Crippen LogP contribution is -2.35. The van der Waals surface area contributed by atoms with Gasteiger partial charge in [0.25, 0.3) is 11.6 Å². The SMILES string of the molecule is O=C(Nc1cccc(CN2CCOCC2)c1)c1ccc(COc2ccc([N+](=O)[O-])cc2Cl)o1. The van der Waals surface area contributed by atoms with Gasteiger partial charge in [0.2, 0.25) is 0 Å². The highest BCUT2D eigenvalue weighted by molar-refractivity contribution is 6.32. The number of hydrogen-bond acceptors (Lipinski definition) is 7. The molecule has 33 heavy (non-hydrogen) atoms. The molecule has 3 aromatic rings. The molecule has 4 rings (SSSR count). The smallest absolute Gasteiger partial charge is 0.291 e. The van der Waals surface area contributed by atoms with Crippen molar-refractivity contribution in [3.8, 4) is 5.75 Å². The Bertz CT molecular complexity index is 1140. The summed E-state index contributed by atoms with van der Waals surface area (Å²) >= 11 is 6.03. The first-order valence-electron chi connectivity index (χ1n) is 10.3. The number of furan rings is 1. The second kappa shape index (κ2) is 10.5. The second-order valence-electron chi connectivity index (χ2n) is 7.47. The van der Waals surface area contributed by atoms with E-state index >= 15 is 0 Å². The van der Waals surface area contributed by atoms with E-state index in [2.05, 4.69) is 10.2 Å². The van der Waals surface area contributed by atoms with Gasteiger partial charge in [-0.1, -0.05) is 23.7 Å². The largest absolute Gasteiger partial charge is 0.484 e. The van der Waals surface area contributed by atoms with E-state index in [1.54, 1.807) is 12.1 Å². The van der Waals surface area contributed by atoms with Gasteiger partial charge >= 0.3 is 0 Å². The van der Waals surface area contributed by atoms with E-state index in [0.717, 1.165) is 38.4 Å². The van der Waals surface area contributed by atoms with Crippen LogP contribution in [0.5, 0.6) is 5.75 Å². The minimum absolute atomic E-state index is 0.0137. The first kappa shape index (κ1) is 22.8. The Morgan fingerprint density at radius 3 is 2.73 bits per heavy atom. The van der Waals surface area contributed by atoms with Crippen LogP contribution in [0.25, 0.3) is 0 Å². The molecule has 172 valence electrons. The normalized spacial score (nSPS) is 14.1. The molecule has 1 saturated heterocycles. The van der Waals surface area contributed by atoms with E-state index in [0.29, 0.717) is 11.4 Å². The van der Waals surface area contributed by atoms with Crippen molar-refractivity contribution >= 4 is 28.9 Å². The van der Waals surface area contributed by atoms with Crippen molar-refractivity contribution in [2.24, 2.45) is 0 Å². The summed E-state index contributed by atoms with van der Waals surface area (Å²) in [7, 11) is 0. The number of benzene rings is 2. The zero-order chi connectivity index (χ0) is 23.2. The zero-order valence-corrected chi connectivity index (χ0v) is 18.4. The highest BCUT2D eigenvalue weighted by atomic mass is 35.5. The molecule has 0 saturated carbocycles. The van der Waals surface area contributed by atoms with Crippen LogP contribution in [0.1, 0.15) is 21.9 Å². The van der Waals surface area contributed by atoms with Gasteiger partial charge in [-0.2, -0.15) is 0 Å². The van der Waals surface area contributed by atoms with Gasteiger partial charge in [-0.15, -0.1) is 0 Å². The summed E-state index contributed by atoms with van der Waals surface area (Å²) in [5.41, 5.74) is 1.65. The number of nitrogens with one attached hydrogen (secondary N) is 1. The minimum Gasteiger partial charge on any atom is -0.484 e. The van der Waals surface area contributed by atoms with Crippen LogP contribution in [0.2, 0.25) is 5.02 Å². The fourth-order valence-corrected chi connectivity index (χ4v) is 3.63. The number of halogens is 1. The minimum atomic E-state index is -0.536. The van der Waals surface area contributed by atoms with Gasteiger partial charge in [-0.3, -0.25) is 19.8 Å². The van der Waals surface area contributed by atoms with Crippen LogP contribution in [0.3, 0.4) is 0 Å². The number of carbonyl (C=O) groups excluding carboxylic acids is 1. The Kier molecular flexibility index (Phi) is 7.23. The quantitative estimate of drug-likeness (QED) is 0.380. The number of amides is 1. The molecule has 0 atom stereocenters. The van der Waals surface area contributed by atoms with Gasteiger partial charge in [0.15, 0.2) is 5.76 Å². The number of carbonyl (C=O) groups is 1. The van der Waals surface area contributed by atoms with Crippen molar-refractivity contribution < 1.29 is 23.6 Å². The molecule has 9 nitrogen and oxygen atoms in total. The van der Waals surface area contributed by atoms with Crippen molar-refractivity contribution in [1.82, 2.24) is 4.90 Å². The average Bonchev–Trinajstić information content (AvgIpc) is 3.28. The molecule has 0 spiro atoms. The summed E-state index contributed by atoms with van der Waals surface area (Å²) in [6.45, 7) is 4.05. The lowest BCUT2D eigenvalue weighted by molar-refractivity contribution is -0.384. The molecular weight excluding hydrogens is 450 g/mol. The van der Waals surface area contributed by atoms with Gasteiger partial charge < -0.3 is 19.2 Å². The summed E-state index contributed by atoms with van der Waals surface area (Å²) in [4.78, 5) is 25.2. The fourth-order valence-electron chi connectivity index (χ4n) is 3.40. The predicted molar refractivity (Wildman–Crippen MR) is 122 cm³/mol. The van der Waals surface area contributed by atoms with E-state index in [1.807, 2.05) is 24.3 Å². The van der Waals surface area contributed by atoms with Gasteiger partial charge in [0.05, 0.1) is 23.2 Å². The standard InChI is InChI=1S/C23H22ClN3O6/c24-20-13-18(27(29)30)4-6-21(20)32-15-19-5-7-22(33-19)23(28)25-17-3-1-2-16(12-17)14-26-8-10-31-11-9-26/h1-7,12-13H,8-11,14-15H2,(H,25,28). The summed E-state index contributed by atoms with van der Waals surface area (Å²) in [6.07, 6.45) is 0. The van der Waals surface area contributed by atoms with Crippen LogP contribution >= 0.6 is 11.6 Å². The molecule has 1 aliphatic rings. The summed E-state index contributed by atoms with van der Waals surface area (Å²) < 4.78 is 16.5. The number of rotatable bonds is 8. The highest BCUT2D eigenvalue weighted by Crippen LogP contribution is 2.29. The molecule has 2 aromatic carbocycles. The van der Waals surface area contributed by atoms with Crippen LogP contribution < -0.4 is 10.1 Å². The van der Waals surface area contributed by atoms with Gasteiger partial charge in [0, 0.05) is 37.5 Å². The maximum atomic E-state index is 12.6. The number of nitro benzene ring substituents is 1. The third-order valence-corrected chi connectivity index (χ3v) is 5.37.